The van der Waals surface area contributed by atoms with Crippen molar-refractivity contribution in [2.24, 2.45) is 0 Å². The van der Waals surface area contributed by atoms with Crippen molar-refractivity contribution in [2.75, 3.05) is 17.2 Å². The molecule has 0 radical (unpaired) electrons. The van der Waals surface area contributed by atoms with Crippen LogP contribution in [0.4, 0.5) is 17.3 Å². The van der Waals surface area contributed by atoms with Gasteiger partial charge in [0.25, 0.3) is 5.69 Å². The number of nitrogens with one attached hydrogen (secondary N) is 2. The average molecular weight is 392 g/mol. The van der Waals surface area contributed by atoms with Gasteiger partial charge in [0.15, 0.2) is 5.82 Å². The van der Waals surface area contributed by atoms with Gasteiger partial charge in [0.2, 0.25) is 5.91 Å². The fraction of sp³-hybridized carbons (Fsp3) is 0.200. The smallest absolute Gasteiger partial charge is 0.269 e. The molecule has 148 valence electrons. The number of amides is 1. The number of anilines is 2. The summed E-state index contributed by atoms with van der Waals surface area (Å²) in [6, 6.07) is 11.5. The van der Waals surface area contributed by atoms with Gasteiger partial charge in [0.05, 0.1) is 4.92 Å². The second-order valence-corrected chi connectivity index (χ2v) is 6.47. The molecule has 9 nitrogen and oxygen atoms in total. The van der Waals surface area contributed by atoms with Crippen LogP contribution < -0.4 is 10.6 Å². The van der Waals surface area contributed by atoms with Gasteiger partial charge in [-0.1, -0.05) is 6.07 Å². The predicted molar refractivity (Wildman–Crippen MR) is 110 cm³/mol. The summed E-state index contributed by atoms with van der Waals surface area (Å²) in [5.41, 5.74) is 2.44. The average Bonchev–Trinajstić information content (AvgIpc) is 2.69. The molecular weight excluding hydrogens is 372 g/mol. The molecular formula is C20H20N6O3. The number of carbonyl (C=O) groups excluding carboxylic acids is 1. The fourth-order valence-corrected chi connectivity index (χ4v) is 2.57. The quantitative estimate of drug-likeness (QED) is 0.466. The summed E-state index contributed by atoms with van der Waals surface area (Å²) in [6.07, 6.45) is 1.93. The highest BCUT2D eigenvalue weighted by atomic mass is 16.6. The summed E-state index contributed by atoms with van der Waals surface area (Å²) < 4.78 is 0. The SMILES string of the molecule is Cc1ccc(NC(=O)CCNc2cc(C)nc(-c3ccc([N+](=O)[O-])cc3)n2)nc1. The van der Waals surface area contributed by atoms with Crippen LogP contribution in [0.3, 0.4) is 0 Å². The van der Waals surface area contributed by atoms with Gasteiger partial charge < -0.3 is 10.6 Å². The highest BCUT2D eigenvalue weighted by Gasteiger charge is 2.09. The molecule has 0 aliphatic rings. The van der Waals surface area contributed by atoms with Gasteiger partial charge in [-0.2, -0.15) is 0 Å². The van der Waals surface area contributed by atoms with E-state index in [2.05, 4.69) is 25.6 Å². The lowest BCUT2D eigenvalue weighted by Crippen LogP contribution is -2.17. The zero-order chi connectivity index (χ0) is 20.8. The number of carbonyl (C=O) groups is 1. The summed E-state index contributed by atoms with van der Waals surface area (Å²) >= 11 is 0. The molecule has 2 heterocycles. The number of hydrogen-bond acceptors (Lipinski definition) is 7. The number of non-ortho nitro benzene ring substituents is 1. The minimum absolute atomic E-state index is 0.00818. The Morgan fingerprint density at radius 2 is 1.83 bits per heavy atom. The van der Waals surface area contributed by atoms with Crippen molar-refractivity contribution >= 4 is 23.2 Å². The first kappa shape index (κ1) is 19.9. The van der Waals surface area contributed by atoms with Crippen LogP contribution in [0.15, 0.2) is 48.7 Å². The van der Waals surface area contributed by atoms with Crippen LogP contribution in [0.25, 0.3) is 11.4 Å². The van der Waals surface area contributed by atoms with Crippen molar-refractivity contribution < 1.29 is 9.72 Å². The number of aryl methyl sites for hydroxylation is 2. The topological polar surface area (TPSA) is 123 Å². The van der Waals surface area contributed by atoms with Crippen molar-refractivity contribution in [1.29, 1.82) is 0 Å². The maximum atomic E-state index is 12.1. The lowest BCUT2D eigenvalue weighted by molar-refractivity contribution is -0.384. The van der Waals surface area contributed by atoms with Crippen LogP contribution in [0.5, 0.6) is 0 Å². The Bertz CT molecular complexity index is 1020. The number of nitro groups is 1. The van der Waals surface area contributed by atoms with Crippen LogP contribution in [-0.2, 0) is 4.79 Å². The molecule has 0 saturated carbocycles. The van der Waals surface area contributed by atoms with Crippen LogP contribution in [-0.4, -0.2) is 32.3 Å². The minimum Gasteiger partial charge on any atom is -0.369 e. The standard InChI is InChI=1S/C20H20N6O3/c1-13-3-8-17(22-12-13)24-19(27)9-10-21-18-11-14(2)23-20(25-18)15-4-6-16(7-5-15)26(28)29/h3-8,11-12H,9-10H2,1-2H3,(H,21,23,25)(H,22,24,27). The van der Waals surface area contributed by atoms with E-state index in [1.54, 1.807) is 30.5 Å². The van der Waals surface area contributed by atoms with E-state index >= 15 is 0 Å². The second-order valence-electron chi connectivity index (χ2n) is 6.47. The van der Waals surface area contributed by atoms with Crippen molar-refractivity contribution in [1.82, 2.24) is 15.0 Å². The Morgan fingerprint density at radius 3 is 2.48 bits per heavy atom. The Balaban J connectivity index is 1.60. The zero-order valence-electron chi connectivity index (χ0n) is 16.0. The lowest BCUT2D eigenvalue weighted by atomic mass is 10.2. The van der Waals surface area contributed by atoms with Gasteiger partial charge in [-0.25, -0.2) is 15.0 Å². The molecule has 3 aromatic rings. The van der Waals surface area contributed by atoms with Crippen LogP contribution in [0.2, 0.25) is 0 Å². The third-order valence-electron chi connectivity index (χ3n) is 4.03. The summed E-state index contributed by atoms with van der Waals surface area (Å²) in [5.74, 6) is 1.39. The minimum atomic E-state index is -0.453. The number of nitro benzene ring substituents is 1. The van der Waals surface area contributed by atoms with E-state index in [-0.39, 0.29) is 18.0 Å². The number of pyridine rings is 1. The lowest BCUT2D eigenvalue weighted by Gasteiger charge is -2.09. The molecule has 29 heavy (non-hydrogen) atoms. The molecule has 0 saturated heterocycles. The summed E-state index contributed by atoms with van der Waals surface area (Å²) in [5, 5.41) is 16.6. The number of rotatable bonds is 7. The van der Waals surface area contributed by atoms with Gasteiger partial charge in [-0.05, 0) is 37.6 Å². The highest BCUT2D eigenvalue weighted by Crippen LogP contribution is 2.21. The molecule has 0 aliphatic heterocycles. The Hall–Kier alpha value is -3.88. The van der Waals surface area contributed by atoms with E-state index in [9.17, 15) is 14.9 Å². The molecule has 3 rings (SSSR count). The van der Waals surface area contributed by atoms with Gasteiger partial charge in [-0.15, -0.1) is 0 Å². The molecule has 0 bridgehead atoms. The molecule has 9 heteroatoms. The maximum absolute atomic E-state index is 12.1. The van der Waals surface area contributed by atoms with Crippen molar-refractivity contribution in [2.45, 2.75) is 20.3 Å². The van der Waals surface area contributed by atoms with Gasteiger partial charge in [0, 0.05) is 48.6 Å². The number of nitrogens with zero attached hydrogens (tertiary/aromatic N) is 4. The third kappa shape index (κ3) is 5.55. The van der Waals surface area contributed by atoms with Crippen LogP contribution in [0.1, 0.15) is 17.7 Å². The normalized spacial score (nSPS) is 10.4. The first-order valence-electron chi connectivity index (χ1n) is 8.97. The summed E-state index contributed by atoms with van der Waals surface area (Å²) in [7, 11) is 0. The van der Waals surface area contributed by atoms with E-state index < -0.39 is 4.92 Å². The number of aromatic nitrogens is 3. The molecule has 2 N–H and O–H groups in total. The largest absolute Gasteiger partial charge is 0.369 e. The van der Waals surface area contributed by atoms with E-state index in [0.717, 1.165) is 11.3 Å². The summed E-state index contributed by atoms with van der Waals surface area (Å²) in [4.78, 5) is 35.3. The van der Waals surface area contributed by atoms with E-state index in [0.29, 0.717) is 29.6 Å². The highest BCUT2D eigenvalue weighted by molar-refractivity contribution is 5.90. The number of benzene rings is 1. The molecule has 0 spiro atoms. The van der Waals surface area contributed by atoms with Crippen LogP contribution in [0, 0.1) is 24.0 Å². The maximum Gasteiger partial charge on any atom is 0.269 e. The Morgan fingerprint density at radius 1 is 1.07 bits per heavy atom. The predicted octanol–water partition coefficient (Wildman–Crippen LogP) is 3.50. The first-order chi connectivity index (χ1) is 13.9. The first-order valence-corrected chi connectivity index (χ1v) is 8.97. The Labute approximate surface area is 167 Å². The van der Waals surface area contributed by atoms with Crippen molar-refractivity contribution in [3.63, 3.8) is 0 Å². The van der Waals surface area contributed by atoms with E-state index in [4.69, 9.17) is 0 Å². The third-order valence-corrected chi connectivity index (χ3v) is 4.03. The van der Waals surface area contributed by atoms with E-state index in [1.165, 1.54) is 12.1 Å². The van der Waals surface area contributed by atoms with Crippen molar-refractivity contribution in [3.8, 4) is 11.4 Å². The molecule has 1 aromatic carbocycles. The molecule has 0 aliphatic carbocycles. The van der Waals surface area contributed by atoms with Gasteiger partial charge >= 0.3 is 0 Å². The Kier molecular flexibility index (Phi) is 6.08. The molecule has 1 amide bonds. The number of hydrogen-bond donors (Lipinski definition) is 2. The molecule has 0 unspecified atom stereocenters. The molecule has 2 aromatic heterocycles. The van der Waals surface area contributed by atoms with Crippen LogP contribution >= 0.6 is 0 Å². The molecule has 0 atom stereocenters. The molecule has 0 fully saturated rings. The van der Waals surface area contributed by atoms with E-state index in [1.807, 2.05) is 19.9 Å². The summed E-state index contributed by atoms with van der Waals surface area (Å²) in [6.45, 7) is 4.14. The van der Waals surface area contributed by atoms with Gasteiger partial charge in [-0.3, -0.25) is 14.9 Å². The zero-order valence-corrected chi connectivity index (χ0v) is 16.0. The van der Waals surface area contributed by atoms with Gasteiger partial charge in [0.1, 0.15) is 11.6 Å². The second kappa shape index (κ2) is 8.87. The fourth-order valence-electron chi connectivity index (χ4n) is 2.57. The van der Waals surface area contributed by atoms with Crippen molar-refractivity contribution in [3.05, 3.63) is 70.0 Å². The monoisotopic (exact) mass is 392 g/mol.